The molecule has 2 heterocycles. The zero-order valence-electron chi connectivity index (χ0n) is 9.97. The summed E-state index contributed by atoms with van der Waals surface area (Å²) in [6, 6.07) is 3.70. The molecule has 0 bridgehead atoms. The minimum atomic E-state index is 0.0643. The highest BCUT2D eigenvalue weighted by molar-refractivity contribution is 7.12. The standard InChI is InChI=1S/C12H15ClN2O2S/c13-4-3-11(16)14-5-7-15(8-6-14)12(17)10-2-1-9-18-10/h1-2,9H,3-8H2. The minimum Gasteiger partial charge on any atom is -0.339 e. The molecule has 1 aliphatic heterocycles. The molecule has 0 radical (unpaired) electrons. The van der Waals surface area contributed by atoms with Crippen molar-refractivity contribution in [1.82, 2.24) is 9.80 Å². The van der Waals surface area contributed by atoms with Crippen molar-refractivity contribution in [3.8, 4) is 0 Å². The lowest BCUT2D eigenvalue weighted by molar-refractivity contribution is -0.132. The van der Waals surface area contributed by atoms with Gasteiger partial charge in [0, 0.05) is 38.5 Å². The highest BCUT2D eigenvalue weighted by Crippen LogP contribution is 2.14. The number of alkyl halides is 1. The summed E-state index contributed by atoms with van der Waals surface area (Å²) in [6.45, 7) is 2.41. The van der Waals surface area contributed by atoms with Gasteiger partial charge in [0.1, 0.15) is 0 Å². The third kappa shape index (κ3) is 3.03. The molecule has 6 heteroatoms. The van der Waals surface area contributed by atoms with Crippen LogP contribution in [0.4, 0.5) is 0 Å². The van der Waals surface area contributed by atoms with E-state index in [0.29, 0.717) is 38.5 Å². The van der Waals surface area contributed by atoms with E-state index in [2.05, 4.69) is 0 Å². The quantitative estimate of drug-likeness (QED) is 0.793. The fourth-order valence-corrected chi connectivity index (χ4v) is 2.81. The van der Waals surface area contributed by atoms with Gasteiger partial charge in [0.05, 0.1) is 4.88 Å². The fourth-order valence-electron chi connectivity index (χ4n) is 1.95. The van der Waals surface area contributed by atoms with E-state index >= 15 is 0 Å². The molecular formula is C12H15ClN2O2S. The molecule has 0 aromatic carbocycles. The molecular weight excluding hydrogens is 272 g/mol. The van der Waals surface area contributed by atoms with Crippen LogP contribution < -0.4 is 0 Å². The number of nitrogens with zero attached hydrogens (tertiary/aromatic N) is 2. The predicted molar refractivity (Wildman–Crippen MR) is 72.1 cm³/mol. The smallest absolute Gasteiger partial charge is 0.264 e. The van der Waals surface area contributed by atoms with Gasteiger partial charge in [0.25, 0.3) is 5.91 Å². The molecule has 4 nitrogen and oxygen atoms in total. The highest BCUT2D eigenvalue weighted by Gasteiger charge is 2.24. The van der Waals surface area contributed by atoms with Crippen LogP contribution in [0.15, 0.2) is 17.5 Å². The van der Waals surface area contributed by atoms with Crippen LogP contribution in [0.3, 0.4) is 0 Å². The van der Waals surface area contributed by atoms with Crippen molar-refractivity contribution < 1.29 is 9.59 Å². The first-order chi connectivity index (χ1) is 8.72. The van der Waals surface area contributed by atoms with Crippen LogP contribution in [0.5, 0.6) is 0 Å². The number of rotatable bonds is 3. The molecule has 1 aliphatic rings. The molecule has 98 valence electrons. The zero-order chi connectivity index (χ0) is 13.0. The van der Waals surface area contributed by atoms with Crippen molar-refractivity contribution >= 4 is 34.8 Å². The van der Waals surface area contributed by atoms with E-state index in [1.54, 1.807) is 9.80 Å². The average molecular weight is 287 g/mol. The molecule has 0 N–H and O–H groups in total. The average Bonchev–Trinajstić information content (AvgIpc) is 2.92. The highest BCUT2D eigenvalue weighted by atomic mass is 35.5. The van der Waals surface area contributed by atoms with E-state index in [0.717, 1.165) is 4.88 Å². The van der Waals surface area contributed by atoms with Crippen LogP contribution in [0.2, 0.25) is 0 Å². The van der Waals surface area contributed by atoms with Crippen LogP contribution in [0, 0.1) is 0 Å². The maximum atomic E-state index is 12.1. The Morgan fingerprint density at radius 2 is 1.89 bits per heavy atom. The summed E-state index contributed by atoms with van der Waals surface area (Å²) < 4.78 is 0. The summed E-state index contributed by atoms with van der Waals surface area (Å²) in [5, 5.41) is 1.90. The Labute approximate surface area is 115 Å². The number of amides is 2. The maximum Gasteiger partial charge on any atom is 0.264 e. The van der Waals surface area contributed by atoms with Gasteiger partial charge in [-0.25, -0.2) is 0 Å². The van der Waals surface area contributed by atoms with Crippen molar-refractivity contribution in [1.29, 1.82) is 0 Å². The molecule has 2 amide bonds. The van der Waals surface area contributed by atoms with Crippen molar-refractivity contribution in [2.45, 2.75) is 6.42 Å². The van der Waals surface area contributed by atoms with Crippen LogP contribution in [0.25, 0.3) is 0 Å². The molecule has 1 aromatic rings. The van der Waals surface area contributed by atoms with Gasteiger partial charge in [0.2, 0.25) is 5.91 Å². The predicted octanol–water partition coefficient (Wildman–Crippen LogP) is 1.66. The van der Waals surface area contributed by atoms with Crippen LogP contribution in [-0.4, -0.2) is 53.7 Å². The Kier molecular flexibility index (Phi) is 4.60. The number of carbonyl (C=O) groups is 2. The summed E-state index contributed by atoms with van der Waals surface area (Å²) in [5.41, 5.74) is 0. The molecule has 1 fully saturated rings. The van der Waals surface area contributed by atoms with Crippen molar-refractivity contribution in [2.75, 3.05) is 32.1 Å². The summed E-state index contributed by atoms with van der Waals surface area (Å²) >= 11 is 7.00. The van der Waals surface area contributed by atoms with Gasteiger partial charge < -0.3 is 9.80 Å². The number of hydrogen-bond acceptors (Lipinski definition) is 3. The number of piperazine rings is 1. The second-order valence-electron chi connectivity index (χ2n) is 4.09. The Morgan fingerprint density at radius 1 is 1.22 bits per heavy atom. The van der Waals surface area contributed by atoms with Gasteiger partial charge in [-0.2, -0.15) is 0 Å². The summed E-state index contributed by atoms with van der Waals surface area (Å²) in [7, 11) is 0. The Bertz CT molecular complexity index is 414. The normalized spacial score (nSPS) is 15.8. The summed E-state index contributed by atoms with van der Waals surface area (Å²) in [6.07, 6.45) is 0.375. The SMILES string of the molecule is O=C(CCCl)N1CCN(C(=O)c2cccs2)CC1. The molecule has 18 heavy (non-hydrogen) atoms. The first kappa shape index (κ1) is 13.4. The zero-order valence-corrected chi connectivity index (χ0v) is 11.5. The molecule has 0 saturated carbocycles. The van der Waals surface area contributed by atoms with Gasteiger partial charge in [-0.15, -0.1) is 22.9 Å². The Hall–Kier alpha value is -1.07. The Balaban J connectivity index is 1.87. The number of hydrogen-bond donors (Lipinski definition) is 0. The Morgan fingerprint density at radius 3 is 2.44 bits per heavy atom. The van der Waals surface area contributed by atoms with E-state index in [4.69, 9.17) is 11.6 Å². The van der Waals surface area contributed by atoms with E-state index < -0.39 is 0 Å². The molecule has 1 saturated heterocycles. The minimum absolute atomic E-state index is 0.0643. The second kappa shape index (κ2) is 6.20. The van der Waals surface area contributed by atoms with Crippen LogP contribution in [0.1, 0.15) is 16.1 Å². The largest absolute Gasteiger partial charge is 0.339 e. The third-order valence-electron chi connectivity index (χ3n) is 2.96. The van der Waals surface area contributed by atoms with Gasteiger partial charge in [-0.3, -0.25) is 9.59 Å². The van der Waals surface area contributed by atoms with Gasteiger partial charge in [-0.05, 0) is 11.4 Å². The molecule has 2 rings (SSSR count). The van der Waals surface area contributed by atoms with Gasteiger partial charge in [0.15, 0.2) is 0 Å². The number of carbonyl (C=O) groups excluding carboxylic acids is 2. The number of thiophene rings is 1. The van der Waals surface area contributed by atoms with Gasteiger partial charge >= 0.3 is 0 Å². The number of halogens is 1. The monoisotopic (exact) mass is 286 g/mol. The first-order valence-electron chi connectivity index (χ1n) is 5.89. The van der Waals surface area contributed by atoms with Crippen LogP contribution in [-0.2, 0) is 4.79 Å². The van der Waals surface area contributed by atoms with Crippen LogP contribution >= 0.6 is 22.9 Å². The summed E-state index contributed by atoms with van der Waals surface area (Å²) in [4.78, 5) is 28.1. The molecule has 1 aromatic heterocycles. The lowest BCUT2D eigenvalue weighted by Crippen LogP contribution is -2.50. The molecule has 0 unspecified atom stereocenters. The maximum absolute atomic E-state index is 12.1. The van der Waals surface area contributed by atoms with E-state index in [1.165, 1.54) is 11.3 Å². The molecule has 0 spiro atoms. The fraction of sp³-hybridized carbons (Fsp3) is 0.500. The van der Waals surface area contributed by atoms with Crippen molar-refractivity contribution in [3.05, 3.63) is 22.4 Å². The van der Waals surface area contributed by atoms with E-state index in [-0.39, 0.29) is 11.8 Å². The van der Waals surface area contributed by atoms with E-state index in [9.17, 15) is 9.59 Å². The molecule has 0 aliphatic carbocycles. The van der Waals surface area contributed by atoms with Gasteiger partial charge in [-0.1, -0.05) is 6.07 Å². The first-order valence-corrected chi connectivity index (χ1v) is 7.30. The topological polar surface area (TPSA) is 40.6 Å². The van der Waals surface area contributed by atoms with E-state index in [1.807, 2.05) is 17.5 Å². The third-order valence-corrected chi connectivity index (χ3v) is 4.01. The summed E-state index contributed by atoms with van der Waals surface area (Å²) in [5.74, 6) is 0.496. The second-order valence-corrected chi connectivity index (χ2v) is 5.41. The molecule has 0 atom stereocenters. The lowest BCUT2D eigenvalue weighted by atomic mass is 10.2. The lowest BCUT2D eigenvalue weighted by Gasteiger charge is -2.34. The van der Waals surface area contributed by atoms with Crippen molar-refractivity contribution in [2.24, 2.45) is 0 Å². The van der Waals surface area contributed by atoms with Crippen molar-refractivity contribution in [3.63, 3.8) is 0 Å².